The van der Waals surface area contributed by atoms with Gasteiger partial charge in [0.15, 0.2) is 0 Å². The van der Waals surface area contributed by atoms with Crippen molar-refractivity contribution >= 4 is 5.91 Å². The van der Waals surface area contributed by atoms with Gasteiger partial charge in [0.2, 0.25) is 5.91 Å². The average molecular weight is 303 g/mol. The van der Waals surface area contributed by atoms with E-state index in [2.05, 4.69) is 5.32 Å². The molecule has 0 aromatic heterocycles. The molecule has 21 heavy (non-hydrogen) atoms. The van der Waals surface area contributed by atoms with Crippen molar-refractivity contribution < 1.29 is 23.1 Å². The van der Waals surface area contributed by atoms with E-state index >= 15 is 0 Å². The lowest BCUT2D eigenvalue weighted by Crippen LogP contribution is -2.27. The molecule has 1 rings (SSSR count). The topological polar surface area (TPSA) is 49.3 Å². The molecule has 1 aromatic carbocycles. The van der Waals surface area contributed by atoms with Crippen LogP contribution in [0.1, 0.15) is 43.7 Å². The van der Waals surface area contributed by atoms with Crippen LogP contribution < -0.4 is 5.32 Å². The summed E-state index contributed by atoms with van der Waals surface area (Å²) in [6.45, 7) is 3.51. The Morgan fingerprint density at radius 2 is 1.90 bits per heavy atom. The van der Waals surface area contributed by atoms with Crippen LogP contribution in [0.4, 0.5) is 13.2 Å². The second-order valence-corrected chi connectivity index (χ2v) is 5.18. The molecule has 0 spiro atoms. The van der Waals surface area contributed by atoms with E-state index in [4.69, 9.17) is 5.11 Å². The minimum Gasteiger partial charge on any atom is -0.393 e. The summed E-state index contributed by atoms with van der Waals surface area (Å²) >= 11 is 0. The van der Waals surface area contributed by atoms with E-state index in [-0.39, 0.29) is 17.9 Å². The van der Waals surface area contributed by atoms with Crippen LogP contribution in [0.3, 0.4) is 0 Å². The largest absolute Gasteiger partial charge is 0.416 e. The van der Waals surface area contributed by atoms with E-state index in [9.17, 15) is 18.0 Å². The summed E-state index contributed by atoms with van der Waals surface area (Å²) in [5.74, 6) is -0.852. The molecule has 0 bridgehead atoms. The number of aliphatic hydroxyl groups is 1. The number of alkyl halides is 3. The molecule has 118 valence electrons. The van der Waals surface area contributed by atoms with Crippen molar-refractivity contribution in [1.82, 2.24) is 5.32 Å². The molecule has 0 radical (unpaired) electrons. The van der Waals surface area contributed by atoms with Crippen molar-refractivity contribution in [3.05, 3.63) is 35.4 Å². The molecule has 2 N–H and O–H groups in total. The maximum absolute atomic E-state index is 12.9. The van der Waals surface area contributed by atoms with E-state index in [0.717, 1.165) is 6.07 Å². The summed E-state index contributed by atoms with van der Waals surface area (Å²) < 4.78 is 38.7. The molecule has 0 aliphatic rings. The Labute approximate surface area is 122 Å². The third kappa shape index (κ3) is 5.75. The van der Waals surface area contributed by atoms with Crippen LogP contribution in [0.5, 0.6) is 0 Å². The Morgan fingerprint density at radius 3 is 2.48 bits per heavy atom. The Bertz CT molecular complexity index is 472. The van der Waals surface area contributed by atoms with Gasteiger partial charge < -0.3 is 10.4 Å². The fraction of sp³-hybridized carbons (Fsp3) is 0.533. The number of rotatable bonds is 6. The van der Waals surface area contributed by atoms with Gasteiger partial charge in [-0.15, -0.1) is 0 Å². The van der Waals surface area contributed by atoms with Gasteiger partial charge in [-0.3, -0.25) is 4.79 Å². The average Bonchev–Trinajstić information content (AvgIpc) is 2.37. The van der Waals surface area contributed by atoms with Crippen molar-refractivity contribution in [2.75, 3.05) is 6.54 Å². The van der Waals surface area contributed by atoms with Gasteiger partial charge in [0.25, 0.3) is 0 Å². The third-order valence-corrected chi connectivity index (χ3v) is 3.17. The van der Waals surface area contributed by atoms with E-state index < -0.39 is 23.8 Å². The SMILES string of the molecule is CC(O)CCNC(=O)CC(C)c1ccccc1C(F)(F)F. The standard InChI is InChI=1S/C15H20F3NO2/c1-10(9-14(21)19-8-7-11(2)20)12-5-3-4-6-13(12)15(16,17)18/h3-6,10-11,20H,7-9H2,1-2H3,(H,19,21). The highest BCUT2D eigenvalue weighted by atomic mass is 19.4. The fourth-order valence-corrected chi connectivity index (χ4v) is 2.07. The Morgan fingerprint density at radius 1 is 1.29 bits per heavy atom. The predicted octanol–water partition coefficient (Wildman–Crippen LogP) is 3.09. The summed E-state index contributed by atoms with van der Waals surface area (Å²) in [6, 6.07) is 5.29. The minimum absolute atomic E-state index is 0.0209. The Kier molecular flexibility index (Phi) is 6.20. The quantitative estimate of drug-likeness (QED) is 0.848. The molecule has 2 unspecified atom stereocenters. The second-order valence-electron chi connectivity index (χ2n) is 5.18. The number of nitrogens with one attached hydrogen (secondary N) is 1. The zero-order valence-corrected chi connectivity index (χ0v) is 12.1. The van der Waals surface area contributed by atoms with E-state index in [1.165, 1.54) is 18.2 Å². The predicted molar refractivity (Wildman–Crippen MR) is 73.8 cm³/mol. The fourth-order valence-electron chi connectivity index (χ4n) is 2.07. The van der Waals surface area contributed by atoms with Crippen LogP contribution >= 0.6 is 0 Å². The van der Waals surface area contributed by atoms with Gasteiger partial charge in [-0.25, -0.2) is 0 Å². The van der Waals surface area contributed by atoms with Crippen molar-refractivity contribution in [2.45, 2.75) is 44.9 Å². The van der Waals surface area contributed by atoms with Crippen molar-refractivity contribution in [1.29, 1.82) is 0 Å². The number of amides is 1. The highest BCUT2D eigenvalue weighted by molar-refractivity contribution is 5.76. The molecule has 0 saturated heterocycles. The number of carbonyl (C=O) groups is 1. The molecule has 0 aliphatic carbocycles. The monoisotopic (exact) mass is 303 g/mol. The van der Waals surface area contributed by atoms with Gasteiger partial charge >= 0.3 is 6.18 Å². The normalized spacial score (nSPS) is 14.6. The van der Waals surface area contributed by atoms with Gasteiger partial charge in [-0.05, 0) is 30.9 Å². The molecular weight excluding hydrogens is 283 g/mol. The first-order valence-corrected chi connectivity index (χ1v) is 6.82. The van der Waals surface area contributed by atoms with E-state index in [1.54, 1.807) is 13.8 Å². The Balaban J connectivity index is 2.68. The summed E-state index contributed by atoms with van der Waals surface area (Å²) in [7, 11) is 0. The van der Waals surface area contributed by atoms with Crippen LogP contribution in [0.25, 0.3) is 0 Å². The van der Waals surface area contributed by atoms with Gasteiger partial charge in [0.1, 0.15) is 0 Å². The molecule has 6 heteroatoms. The number of aliphatic hydroxyl groups excluding tert-OH is 1. The van der Waals surface area contributed by atoms with E-state index in [0.29, 0.717) is 13.0 Å². The summed E-state index contributed by atoms with van der Waals surface area (Å²) in [5, 5.41) is 11.7. The highest BCUT2D eigenvalue weighted by Gasteiger charge is 2.34. The molecule has 0 heterocycles. The lowest BCUT2D eigenvalue weighted by molar-refractivity contribution is -0.138. The molecule has 3 nitrogen and oxygen atoms in total. The van der Waals surface area contributed by atoms with Crippen LogP contribution in [-0.4, -0.2) is 23.7 Å². The first kappa shape index (κ1) is 17.5. The van der Waals surface area contributed by atoms with Crippen LogP contribution in [0.15, 0.2) is 24.3 Å². The molecule has 0 fully saturated rings. The maximum atomic E-state index is 12.9. The zero-order chi connectivity index (χ0) is 16.0. The lowest BCUT2D eigenvalue weighted by atomic mass is 9.92. The van der Waals surface area contributed by atoms with Gasteiger partial charge in [0, 0.05) is 13.0 Å². The first-order chi connectivity index (χ1) is 9.71. The van der Waals surface area contributed by atoms with Crippen molar-refractivity contribution in [2.24, 2.45) is 0 Å². The first-order valence-electron chi connectivity index (χ1n) is 6.82. The van der Waals surface area contributed by atoms with Crippen LogP contribution in [0, 0.1) is 0 Å². The van der Waals surface area contributed by atoms with Crippen molar-refractivity contribution in [3.8, 4) is 0 Å². The third-order valence-electron chi connectivity index (χ3n) is 3.17. The molecule has 1 aromatic rings. The molecule has 1 amide bonds. The molecule has 2 atom stereocenters. The summed E-state index contributed by atoms with van der Waals surface area (Å²) in [6.07, 6.45) is -4.55. The molecular formula is C15H20F3NO2. The smallest absolute Gasteiger partial charge is 0.393 e. The van der Waals surface area contributed by atoms with Crippen LogP contribution in [0.2, 0.25) is 0 Å². The number of carbonyl (C=O) groups excluding carboxylic acids is 1. The maximum Gasteiger partial charge on any atom is 0.416 e. The van der Waals surface area contributed by atoms with Gasteiger partial charge in [0.05, 0.1) is 11.7 Å². The molecule has 0 aliphatic heterocycles. The molecule has 0 saturated carbocycles. The van der Waals surface area contributed by atoms with Gasteiger partial charge in [-0.1, -0.05) is 25.1 Å². The number of halogens is 3. The lowest BCUT2D eigenvalue weighted by Gasteiger charge is -2.18. The minimum atomic E-state index is -4.42. The number of hydrogen-bond acceptors (Lipinski definition) is 2. The Hall–Kier alpha value is -1.56. The zero-order valence-electron chi connectivity index (χ0n) is 12.1. The van der Waals surface area contributed by atoms with Gasteiger partial charge in [-0.2, -0.15) is 13.2 Å². The van der Waals surface area contributed by atoms with Crippen LogP contribution in [-0.2, 0) is 11.0 Å². The number of benzene rings is 1. The summed E-state index contributed by atoms with van der Waals surface area (Å²) in [4.78, 5) is 11.7. The second kappa shape index (κ2) is 7.45. The highest BCUT2D eigenvalue weighted by Crippen LogP contribution is 2.35. The number of hydrogen-bond donors (Lipinski definition) is 2. The van der Waals surface area contributed by atoms with E-state index in [1.807, 2.05) is 0 Å². The summed E-state index contributed by atoms with van der Waals surface area (Å²) in [5.41, 5.74) is -0.579. The van der Waals surface area contributed by atoms with Crippen molar-refractivity contribution in [3.63, 3.8) is 0 Å².